The van der Waals surface area contributed by atoms with Crippen LogP contribution in [0.4, 0.5) is 0 Å². The standard InChI is InChI=1S/C81H53N5O/c1-7-23-52(24-8-1)55-39-41-58(42-40-55)79-82-80(61-48-59(53-25-9-2-10-26-53)47-60(49-61)54-27-11-3-12-28-54)84-81(83-79)62-50-68(56-29-13-4-14-30-56)76(69(51-62)57-31-15-5-16-32-57)86-71-38-22-20-36-67(71)75-73(86)46-44-65-64-43-45-72-74(77(64)87-78(65)75)66-35-19-21-37-70(66)85(72)63-33-17-6-18-34-63/h1-5,7-17,19-51H,6,18H2. The Balaban J connectivity index is 0.925. The lowest BCUT2D eigenvalue weighted by molar-refractivity contribution is 0.677. The van der Waals surface area contributed by atoms with E-state index in [1.165, 1.54) is 16.6 Å². The zero-order valence-electron chi connectivity index (χ0n) is 47.3. The van der Waals surface area contributed by atoms with Crippen molar-refractivity contribution < 1.29 is 4.42 Å². The van der Waals surface area contributed by atoms with Gasteiger partial charge in [-0.15, -0.1) is 0 Å². The lowest BCUT2D eigenvalue weighted by Gasteiger charge is -2.21. The maximum Gasteiger partial charge on any atom is 0.164 e. The van der Waals surface area contributed by atoms with Crippen molar-refractivity contribution in [2.75, 3.05) is 0 Å². The van der Waals surface area contributed by atoms with Gasteiger partial charge in [-0.3, -0.25) is 0 Å². The highest BCUT2D eigenvalue weighted by molar-refractivity contribution is 6.29. The first-order valence-corrected chi connectivity index (χ1v) is 29.8. The molecule has 6 heteroatoms. The van der Waals surface area contributed by atoms with Crippen LogP contribution in [0.1, 0.15) is 12.8 Å². The summed E-state index contributed by atoms with van der Waals surface area (Å²) in [4.78, 5) is 16.5. The third kappa shape index (κ3) is 8.52. The van der Waals surface area contributed by atoms with Crippen molar-refractivity contribution in [3.8, 4) is 95.5 Å². The summed E-state index contributed by atoms with van der Waals surface area (Å²) >= 11 is 0. The molecule has 4 heterocycles. The van der Waals surface area contributed by atoms with Crippen LogP contribution in [-0.2, 0) is 0 Å². The third-order valence-corrected chi connectivity index (χ3v) is 17.4. The maximum atomic E-state index is 7.45. The van der Waals surface area contributed by atoms with Crippen molar-refractivity contribution in [3.05, 3.63) is 297 Å². The van der Waals surface area contributed by atoms with E-state index in [9.17, 15) is 0 Å². The molecule has 0 saturated carbocycles. The molecule has 1 aliphatic rings. The predicted octanol–water partition coefficient (Wildman–Crippen LogP) is 21.5. The normalized spacial score (nSPS) is 12.5. The largest absolute Gasteiger partial charge is 0.455 e. The molecule has 0 fully saturated rings. The number of rotatable bonds is 10. The van der Waals surface area contributed by atoms with Gasteiger partial charge in [-0.25, -0.2) is 15.0 Å². The summed E-state index contributed by atoms with van der Waals surface area (Å²) < 4.78 is 12.3. The van der Waals surface area contributed by atoms with Crippen LogP contribution in [0.5, 0.6) is 0 Å². The number of hydrogen-bond acceptors (Lipinski definition) is 4. The van der Waals surface area contributed by atoms with Crippen LogP contribution in [-0.4, -0.2) is 24.1 Å². The minimum Gasteiger partial charge on any atom is -0.455 e. The van der Waals surface area contributed by atoms with Crippen LogP contribution in [0.25, 0.3) is 167 Å². The molecule has 0 spiro atoms. The molecule has 0 amide bonds. The summed E-state index contributed by atoms with van der Waals surface area (Å²) in [6.45, 7) is 0. The number of fused-ring (bicyclic) bond motifs is 11. The summed E-state index contributed by atoms with van der Waals surface area (Å²) in [5.41, 5.74) is 21.8. The summed E-state index contributed by atoms with van der Waals surface area (Å²) in [5.74, 6) is 1.71. The fourth-order valence-electron chi connectivity index (χ4n) is 13.3. The Hall–Kier alpha value is -11.5. The Morgan fingerprint density at radius 2 is 0.678 bits per heavy atom. The quantitative estimate of drug-likeness (QED) is 0.137. The topological polar surface area (TPSA) is 61.7 Å². The highest BCUT2D eigenvalue weighted by Crippen LogP contribution is 2.48. The molecule has 1 aliphatic carbocycles. The van der Waals surface area contributed by atoms with E-state index < -0.39 is 0 Å². The van der Waals surface area contributed by atoms with Crippen molar-refractivity contribution in [2.24, 2.45) is 0 Å². The number of para-hydroxylation sites is 2. The van der Waals surface area contributed by atoms with E-state index in [1.807, 2.05) is 6.07 Å². The van der Waals surface area contributed by atoms with Crippen LogP contribution in [0.3, 0.4) is 0 Å². The second kappa shape index (κ2) is 20.7. The summed E-state index contributed by atoms with van der Waals surface area (Å²) in [5, 5.41) is 6.64. The van der Waals surface area contributed by atoms with E-state index in [1.54, 1.807) is 0 Å². The Labute approximate surface area is 502 Å². The van der Waals surface area contributed by atoms with Gasteiger partial charge in [0.05, 0.1) is 38.5 Å². The molecule has 6 nitrogen and oxygen atoms in total. The lowest BCUT2D eigenvalue weighted by Crippen LogP contribution is -2.04. The first kappa shape index (κ1) is 50.1. The van der Waals surface area contributed by atoms with Gasteiger partial charge in [0, 0.05) is 55.1 Å². The van der Waals surface area contributed by atoms with E-state index in [0.29, 0.717) is 17.5 Å². The average Bonchev–Trinajstić information content (AvgIpc) is 1.87. The Morgan fingerprint density at radius 1 is 0.287 bits per heavy atom. The van der Waals surface area contributed by atoms with E-state index in [-0.39, 0.29) is 0 Å². The average molecular weight is 1110 g/mol. The SMILES string of the molecule is C1=CC(n2c3ccccc3c3c4oc5c(ccc6c5c5ccccc5n6-c5c(-c6ccccc6)cc(-c6nc(-c7ccc(-c8ccccc8)cc7)nc(-c7cc(-c8ccccc8)cc(-c8ccccc8)c7)n6)cc5-c5ccccc5)c4ccc32)=CCC1. The molecule has 0 saturated heterocycles. The maximum absolute atomic E-state index is 7.45. The van der Waals surface area contributed by atoms with Gasteiger partial charge in [-0.2, -0.15) is 0 Å². The van der Waals surface area contributed by atoms with Gasteiger partial charge < -0.3 is 13.6 Å². The highest BCUT2D eigenvalue weighted by atomic mass is 16.3. The first-order valence-electron chi connectivity index (χ1n) is 29.8. The smallest absolute Gasteiger partial charge is 0.164 e. The summed E-state index contributed by atoms with van der Waals surface area (Å²) in [7, 11) is 0. The lowest BCUT2D eigenvalue weighted by atomic mass is 9.92. The van der Waals surface area contributed by atoms with Gasteiger partial charge >= 0.3 is 0 Å². The van der Waals surface area contributed by atoms with Crippen molar-refractivity contribution in [1.29, 1.82) is 0 Å². The number of allylic oxidation sites excluding steroid dienone is 4. The molecule has 0 N–H and O–H groups in total. The molecule has 17 rings (SSSR count). The number of nitrogens with zero attached hydrogens (tertiary/aromatic N) is 5. The van der Waals surface area contributed by atoms with Gasteiger partial charge in [-0.1, -0.05) is 224 Å². The van der Waals surface area contributed by atoms with Gasteiger partial charge in [-0.05, 0) is 130 Å². The first-order chi connectivity index (χ1) is 43.1. The minimum absolute atomic E-state index is 0.559. The Morgan fingerprint density at radius 3 is 1.17 bits per heavy atom. The molecule has 0 aliphatic heterocycles. The molecule has 0 radical (unpaired) electrons. The molecule has 408 valence electrons. The van der Waals surface area contributed by atoms with Crippen molar-refractivity contribution in [2.45, 2.75) is 12.8 Å². The van der Waals surface area contributed by atoms with Gasteiger partial charge in [0.25, 0.3) is 0 Å². The van der Waals surface area contributed by atoms with E-state index in [0.717, 1.165) is 146 Å². The Kier molecular flexibility index (Phi) is 11.9. The molecule has 0 bridgehead atoms. The monoisotopic (exact) mass is 1110 g/mol. The second-order valence-corrected chi connectivity index (χ2v) is 22.5. The van der Waals surface area contributed by atoms with Crippen molar-refractivity contribution in [1.82, 2.24) is 24.1 Å². The highest BCUT2D eigenvalue weighted by Gasteiger charge is 2.27. The number of benzene rings is 12. The van der Waals surface area contributed by atoms with E-state index in [2.05, 4.69) is 300 Å². The number of furan rings is 1. The van der Waals surface area contributed by atoms with E-state index in [4.69, 9.17) is 19.4 Å². The molecule has 87 heavy (non-hydrogen) atoms. The van der Waals surface area contributed by atoms with Gasteiger partial charge in [0.2, 0.25) is 0 Å². The van der Waals surface area contributed by atoms with Crippen LogP contribution in [0.2, 0.25) is 0 Å². The molecule has 4 aromatic heterocycles. The zero-order chi connectivity index (χ0) is 57.4. The molecule has 12 aromatic carbocycles. The summed E-state index contributed by atoms with van der Waals surface area (Å²) in [6.07, 6.45) is 8.96. The van der Waals surface area contributed by atoms with Crippen LogP contribution >= 0.6 is 0 Å². The fraction of sp³-hybridized carbons (Fsp3) is 0.0247. The van der Waals surface area contributed by atoms with Gasteiger partial charge in [0.1, 0.15) is 11.2 Å². The summed E-state index contributed by atoms with van der Waals surface area (Å²) in [6, 6.07) is 99.6. The molecule has 0 unspecified atom stereocenters. The van der Waals surface area contributed by atoms with Crippen LogP contribution < -0.4 is 0 Å². The van der Waals surface area contributed by atoms with Gasteiger partial charge in [0.15, 0.2) is 17.5 Å². The van der Waals surface area contributed by atoms with E-state index >= 15 is 0 Å². The Bertz CT molecular complexity index is 5290. The second-order valence-electron chi connectivity index (χ2n) is 22.5. The minimum atomic E-state index is 0.559. The molecular weight excluding hydrogens is 1060 g/mol. The predicted molar refractivity (Wildman–Crippen MR) is 361 cm³/mol. The molecule has 0 atom stereocenters. The number of aromatic nitrogens is 5. The van der Waals surface area contributed by atoms with Crippen molar-refractivity contribution >= 4 is 71.2 Å². The van der Waals surface area contributed by atoms with Crippen LogP contribution in [0.15, 0.2) is 302 Å². The number of hydrogen-bond donors (Lipinski definition) is 0. The molecular formula is C81H53N5O. The fourth-order valence-corrected chi connectivity index (χ4v) is 13.3. The third-order valence-electron chi connectivity index (χ3n) is 17.4. The molecule has 16 aromatic rings. The zero-order valence-corrected chi connectivity index (χ0v) is 47.3. The van der Waals surface area contributed by atoms with Crippen LogP contribution in [0, 0.1) is 0 Å². The van der Waals surface area contributed by atoms with Crippen molar-refractivity contribution in [3.63, 3.8) is 0 Å².